The molecule has 0 amide bonds. The molecule has 1 aromatic carbocycles. The summed E-state index contributed by atoms with van der Waals surface area (Å²) in [6.45, 7) is 6.24. The number of hydrogen-bond acceptors (Lipinski definition) is 2. The molecule has 1 fully saturated rings. The molecule has 19 heavy (non-hydrogen) atoms. The van der Waals surface area contributed by atoms with E-state index in [1.165, 1.54) is 18.9 Å². The van der Waals surface area contributed by atoms with Gasteiger partial charge in [-0.05, 0) is 59.9 Å². The molecule has 0 spiro atoms. The molecule has 0 radical (unpaired) electrons. The Morgan fingerprint density at radius 1 is 1.47 bits per heavy atom. The van der Waals surface area contributed by atoms with Gasteiger partial charge in [0, 0.05) is 19.1 Å². The fourth-order valence-electron chi connectivity index (χ4n) is 2.69. The minimum absolute atomic E-state index is 0.173. The van der Waals surface area contributed by atoms with Crippen molar-refractivity contribution in [1.82, 2.24) is 10.2 Å². The summed E-state index contributed by atoms with van der Waals surface area (Å²) < 4.78 is 14.1. The van der Waals surface area contributed by atoms with Crippen molar-refractivity contribution in [3.8, 4) is 0 Å². The zero-order chi connectivity index (χ0) is 13.7. The molecular weight excluding hydrogens is 307 g/mol. The lowest BCUT2D eigenvalue weighted by molar-refractivity contribution is 0.241. The third kappa shape index (κ3) is 4.26. The van der Waals surface area contributed by atoms with Crippen molar-refractivity contribution in [2.75, 3.05) is 19.6 Å². The maximum absolute atomic E-state index is 13.5. The van der Waals surface area contributed by atoms with Crippen molar-refractivity contribution in [3.63, 3.8) is 0 Å². The van der Waals surface area contributed by atoms with E-state index in [9.17, 15) is 4.39 Å². The predicted molar refractivity (Wildman–Crippen MR) is 80.7 cm³/mol. The maximum Gasteiger partial charge on any atom is 0.137 e. The largest absolute Gasteiger partial charge is 0.313 e. The normalized spacial score (nSPS) is 19.3. The molecule has 4 heteroatoms. The van der Waals surface area contributed by atoms with E-state index in [2.05, 4.69) is 33.1 Å². The van der Waals surface area contributed by atoms with Crippen LogP contribution in [0, 0.1) is 5.82 Å². The zero-order valence-corrected chi connectivity index (χ0v) is 13.0. The Bertz CT molecular complexity index is 405. The van der Waals surface area contributed by atoms with Gasteiger partial charge in [-0.25, -0.2) is 4.39 Å². The van der Waals surface area contributed by atoms with E-state index in [-0.39, 0.29) is 5.82 Å². The van der Waals surface area contributed by atoms with E-state index in [1.54, 1.807) is 6.07 Å². The molecule has 2 rings (SSSR count). The van der Waals surface area contributed by atoms with Crippen molar-refractivity contribution in [2.24, 2.45) is 0 Å². The van der Waals surface area contributed by atoms with Gasteiger partial charge in [-0.2, -0.15) is 0 Å². The molecule has 0 aliphatic carbocycles. The molecular formula is C15H22BrFN2. The van der Waals surface area contributed by atoms with Crippen LogP contribution in [0.25, 0.3) is 0 Å². The van der Waals surface area contributed by atoms with E-state index in [4.69, 9.17) is 0 Å². The molecule has 1 aromatic rings. The summed E-state index contributed by atoms with van der Waals surface area (Å²) >= 11 is 3.36. The Hall–Kier alpha value is -0.450. The van der Waals surface area contributed by atoms with Gasteiger partial charge in [0.1, 0.15) is 5.82 Å². The number of nitrogens with one attached hydrogen (secondary N) is 1. The number of benzene rings is 1. The summed E-state index contributed by atoms with van der Waals surface area (Å²) in [5.74, 6) is -0.173. The second-order valence-corrected chi connectivity index (χ2v) is 6.03. The first-order valence-electron chi connectivity index (χ1n) is 7.09. The standard InChI is InChI=1S/C15H22BrFN2/c1-2-9-19(11-13-6-4-8-18-13)10-12-5-3-7-14(17)15(12)16/h3,5,7,13,18H,2,4,6,8-11H2,1H3. The van der Waals surface area contributed by atoms with Crippen molar-refractivity contribution in [2.45, 2.75) is 38.8 Å². The highest BCUT2D eigenvalue weighted by Gasteiger charge is 2.18. The van der Waals surface area contributed by atoms with Crippen molar-refractivity contribution < 1.29 is 4.39 Å². The molecule has 0 aromatic heterocycles. The topological polar surface area (TPSA) is 15.3 Å². The Morgan fingerprint density at radius 3 is 3.00 bits per heavy atom. The highest BCUT2D eigenvalue weighted by Crippen LogP contribution is 2.22. The second-order valence-electron chi connectivity index (χ2n) is 5.24. The van der Waals surface area contributed by atoms with Crippen LogP contribution in [0.4, 0.5) is 4.39 Å². The lowest BCUT2D eigenvalue weighted by Gasteiger charge is -2.25. The van der Waals surface area contributed by atoms with Crippen LogP contribution >= 0.6 is 15.9 Å². The molecule has 0 saturated carbocycles. The van der Waals surface area contributed by atoms with Gasteiger partial charge in [-0.1, -0.05) is 19.1 Å². The summed E-state index contributed by atoms with van der Waals surface area (Å²) in [4.78, 5) is 2.42. The minimum Gasteiger partial charge on any atom is -0.313 e. The number of rotatable bonds is 6. The molecule has 2 nitrogen and oxygen atoms in total. The fourth-order valence-corrected chi connectivity index (χ4v) is 3.08. The quantitative estimate of drug-likeness (QED) is 0.859. The van der Waals surface area contributed by atoms with Gasteiger partial charge < -0.3 is 5.32 Å². The van der Waals surface area contributed by atoms with Crippen LogP contribution in [-0.2, 0) is 6.54 Å². The molecule has 1 unspecified atom stereocenters. The average molecular weight is 329 g/mol. The maximum atomic E-state index is 13.5. The van der Waals surface area contributed by atoms with Gasteiger partial charge in [0.2, 0.25) is 0 Å². The molecule has 1 saturated heterocycles. The van der Waals surface area contributed by atoms with Gasteiger partial charge in [-0.15, -0.1) is 0 Å². The van der Waals surface area contributed by atoms with E-state index in [1.807, 2.05) is 6.07 Å². The molecule has 1 N–H and O–H groups in total. The van der Waals surface area contributed by atoms with Crippen LogP contribution in [0.15, 0.2) is 22.7 Å². The summed E-state index contributed by atoms with van der Waals surface area (Å²) in [5.41, 5.74) is 1.03. The van der Waals surface area contributed by atoms with Crippen LogP contribution in [0.5, 0.6) is 0 Å². The van der Waals surface area contributed by atoms with Gasteiger partial charge in [0.05, 0.1) is 4.47 Å². The van der Waals surface area contributed by atoms with Crippen LogP contribution in [0.3, 0.4) is 0 Å². The molecule has 106 valence electrons. The lowest BCUT2D eigenvalue weighted by atomic mass is 10.1. The summed E-state index contributed by atoms with van der Waals surface area (Å²) in [5, 5.41) is 3.53. The van der Waals surface area contributed by atoms with E-state index in [0.717, 1.165) is 38.2 Å². The van der Waals surface area contributed by atoms with E-state index in [0.29, 0.717) is 10.5 Å². The SMILES string of the molecule is CCCN(Cc1cccc(F)c1Br)CC1CCCN1. The van der Waals surface area contributed by atoms with Crippen molar-refractivity contribution in [1.29, 1.82) is 0 Å². The third-order valence-electron chi connectivity index (χ3n) is 3.61. The Morgan fingerprint density at radius 2 is 2.32 bits per heavy atom. The molecule has 1 aliphatic heterocycles. The monoisotopic (exact) mass is 328 g/mol. The highest BCUT2D eigenvalue weighted by atomic mass is 79.9. The zero-order valence-electron chi connectivity index (χ0n) is 11.5. The first-order valence-corrected chi connectivity index (χ1v) is 7.88. The number of hydrogen-bond donors (Lipinski definition) is 1. The summed E-state index contributed by atoms with van der Waals surface area (Å²) in [7, 11) is 0. The van der Waals surface area contributed by atoms with Gasteiger partial charge in [0.25, 0.3) is 0 Å². The van der Waals surface area contributed by atoms with Gasteiger partial charge >= 0.3 is 0 Å². The minimum atomic E-state index is -0.173. The second kappa shape index (κ2) is 7.36. The lowest BCUT2D eigenvalue weighted by Crippen LogP contribution is -2.37. The highest BCUT2D eigenvalue weighted by molar-refractivity contribution is 9.10. The first-order chi connectivity index (χ1) is 9.20. The fraction of sp³-hybridized carbons (Fsp3) is 0.600. The van der Waals surface area contributed by atoms with Crippen molar-refractivity contribution >= 4 is 15.9 Å². The number of halogens is 2. The third-order valence-corrected chi connectivity index (χ3v) is 4.49. The molecule has 1 heterocycles. The van der Waals surface area contributed by atoms with Gasteiger partial charge in [0.15, 0.2) is 0 Å². The molecule has 0 bridgehead atoms. The van der Waals surface area contributed by atoms with Crippen molar-refractivity contribution in [3.05, 3.63) is 34.1 Å². The molecule has 1 aliphatic rings. The average Bonchev–Trinajstić information content (AvgIpc) is 2.88. The Labute approximate surface area is 123 Å². The smallest absolute Gasteiger partial charge is 0.137 e. The predicted octanol–water partition coefficient (Wildman–Crippen LogP) is 3.55. The van der Waals surface area contributed by atoms with Crippen LogP contribution in [-0.4, -0.2) is 30.6 Å². The number of nitrogens with zero attached hydrogens (tertiary/aromatic N) is 1. The van der Waals surface area contributed by atoms with E-state index >= 15 is 0 Å². The molecule has 1 atom stereocenters. The van der Waals surface area contributed by atoms with Crippen LogP contribution in [0.1, 0.15) is 31.7 Å². The van der Waals surface area contributed by atoms with E-state index < -0.39 is 0 Å². The first kappa shape index (κ1) is 14.9. The van der Waals surface area contributed by atoms with Gasteiger partial charge in [-0.3, -0.25) is 4.90 Å². The Kier molecular flexibility index (Phi) is 5.79. The Balaban J connectivity index is 2.00. The van der Waals surface area contributed by atoms with Crippen LogP contribution in [0.2, 0.25) is 0 Å². The van der Waals surface area contributed by atoms with Crippen LogP contribution < -0.4 is 5.32 Å². The summed E-state index contributed by atoms with van der Waals surface area (Å²) in [6.07, 6.45) is 3.65. The summed E-state index contributed by atoms with van der Waals surface area (Å²) in [6, 6.07) is 5.88.